The fourth-order valence-electron chi connectivity index (χ4n) is 2.35. The van der Waals surface area contributed by atoms with Crippen LogP contribution < -0.4 is 10.3 Å². The third kappa shape index (κ3) is 5.37. The van der Waals surface area contributed by atoms with Gasteiger partial charge < -0.3 is 18.6 Å². The third-order valence-electron chi connectivity index (χ3n) is 5.12. The molecule has 0 radical (unpaired) electrons. The minimum atomic E-state index is -1.96. The molecule has 9 heteroatoms. The highest BCUT2D eigenvalue weighted by atomic mass is 28.4. The molecule has 2 aromatic rings. The van der Waals surface area contributed by atoms with E-state index in [0.717, 1.165) is 0 Å². The topological polar surface area (TPSA) is 84.7 Å². The average Bonchev–Trinajstić information content (AvgIpc) is 2.64. The number of methoxy groups -OCH3 is 2. The van der Waals surface area contributed by atoms with Crippen molar-refractivity contribution in [3.05, 3.63) is 28.7 Å². The van der Waals surface area contributed by atoms with Gasteiger partial charge in [-0.2, -0.15) is 4.98 Å². The van der Waals surface area contributed by atoms with Gasteiger partial charge in [-0.1, -0.05) is 20.8 Å². The predicted octanol–water partition coefficient (Wildman–Crippen LogP) is 2.81. The number of fused-ring (bicyclic) bond motifs is 1. The lowest BCUT2D eigenvalue weighted by Crippen LogP contribution is -2.44. The largest absolute Gasteiger partial charge is 0.481 e. The normalized spacial score (nSPS) is 13.7. The van der Waals surface area contributed by atoms with Crippen LogP contribution in [0.4, 0.5) is 0 Å². The van der Waals surface area contributed by atoms with Crippen molar-refractivity contribution in [3.63, 3.8) is 0 Å². The number of rotatable bonds is 9. The van der Waals surface area contributed by atoms with E-state index in [4.69, 9.17) is 18.6 Å². The Morgan fingerprint density at radius 2 is 1.93 bits per heavy atom. The Morgan fingerprint density at radius 3 is 2.54 bits per heavy atom. The summed E-state index contributed by atoms with van der Waals surface area (Å²) in [5.74, 6) is 0.417. The van der Waals surface area contributed by atoms with Crippen LogP contribution in [0.3, 0.4) is 0 Å². The van der Waals surface area contributed by atoms with E-state index in [1.165, 1.54) is 13.3 Å². The molecular weight excluding hydrogens is 378 g/mol. The second-order valence-electron chi connectivity index (χ2n) is 8.17. The molecule has 1 atom stereocenters. The monoisotopic (exact) mass is 409 g/mol. The zero-order valence-corrected chi connectivity index (χ0v) is 18.8. The van der Waals surface area contributed by atoms with Gasteiger partial charge in [-0.25, -0.2) is 4.98 Å². The summed E-state index contributed by atoms with van der Waals surface area (Å²) >= 11 is 0. The summed E-state index contributed by atoms with van der Waals surface area (Å²) in [6.07, 6.45) is 0.920. The SMILES string of the molecule is COCOC(CO[Si](C)(C)C(C)(C)C)Cn1c(=O)cnc2ccc(OC)nc21. The summed E-state index contributed by atoms with van der Waals surface area (Å²) in [7, 11) is 1.13. The molecule has 0 aromatic carbocycles. The van der Waals surface area contributed by atoms with E-state index >= 15 is 0 Å². The molecule has 156 valence electrons. The van der Waals surface area contributed by atoms with Crippen LogP contribution in [0.25, 0.3) is 11.2 Å². The molecule has 0 saturated heterocycles. The molecule has 0 fully saturated rings. The van der Waals surface area contributed by atoms with Crippen LogP contribution in [0.15, 0.2) is 23.1 Å². The first kappa shape index (κ1) is 22.5. The fourth-order valence-corrected chi connectivity index (χ4v) is 3.39. The van der Waals surface area contributed by atoms with E-state index < -0.39 is 8.32 Å². The number of pyridine rings is 1. The van der Waals surface area contributed by atoms with Crippen LogP contribution >= 0.6 is 0 Å². The Kier molecular flexibility index (Phi) is 7.32. The highest BCUT2D eigenvalue weighted by Crippen LogP contribution is 2.36. The Labute approximate surface area is 166 Å². The lowest BCUT2D eigenvalue weighted by Gasteiger charge is -2.37. The van der Waals surface area contributed by atoms with Gasteiger partial charge in [0.05, 0.1) is 26.5 Å². The van der Waals surface area contributed by atoms with Gasteiger partial charge in [0.1, 0.15) is 18.4 Å². The maximum absolute atomic E-state index is 12.5. The van der Waals surface area contributed by atoms with Crippen molar-refractivity contribution in [3.8, 4) is 5.88 Å². The number of ether oxygens (including phenoxy) is 3. The molecule has 2 heterocycles. The molecule has 0 aliphatic carbocycles. The molecule has 2 aromatic heterocycles. The molecule has 1 unspecified atom stereocenters. The van der Waals surface area contributed by atoms with Crippen molar-refractivity contribution in [2.75, 3.05) is 27.6 Å². The molecule has 28 heavy (non-hydrogen) atoms. The lowest BCUT2D eigenvalue weighted by molar-refractivity contribution is -0.0900. The predicted molar refractivity (Wildman–Crippen MR) is 110 cm³/mol. The number of nitrogens with zero attached hydrogens (tertiary/aromatic N) is 3. The van der Waals surface area contributed by atoms with Crippen molar-refractivity contribution in [1.29, 1.82) is 0 Å². The van der Waals surface area contributed by atoms with Crippen LogP contribution in [0.1, 0.15) is 20.8 Å². The van der Waals surface area contributed by atoms with Gasteiger partial charge in [0.15, 0.2) is 14.0 Å². The Morgan fingerprint density at radius 1 is 1.21 bits per heavy atom. The maximum Gasteiger partial charge on any atom is 0.270 e. The molecule has 8 nitrogen and oxygen atoms in total. The molecule has 0 spiro atoms. The minimum absolute atomic E-state index is 0.0773. The highest BCUT2D eigenvalue weighted by Gasteiger charge is 2.37. The molecule has 0 saturated carbocycles. The number of hydrogen-bond acceptors (Lipinski definition) is 7. The summed E-state index contributed by atoms with van der Waals surface area (Å²) < 4.78 is 23.9. The zero-order valence-electron chi connectivity index (χ0n) is 17.8. The van der Waals surface area contributed by atoms with Crippen molar-refractivity contribution in [2.24, 2.45) is 0 Å². The minimum Gasteiger partial charge on any atom is -0.481 e. The summed E-state index contributed by atoms with van der Waals surface area (Å²) in [4.78, 5) is 21.1. The standard InChI is InChI=1S/C19H31N3O5Si/c1-19(2,3)28(6,7)27-12-14(26-13-24-4)11-22-17(23)10-20-15-8-9-16(25-5)21-18(15)22/h8-10,14H,11-13H2,1-7H3. The van der Waals surface area contributed by atoms with Crippen LogP contribution in [0.5, 0.6) is 5.88 Å². The van der Waals surface area contributed by atoms with Crippen LogP contribution in [-0.2, 0) is 20.4 Å². The molecule has 2 rings (SSSR count). The van der Waals surface area contributed by atoms with Gasteiger partial charge in [0, 0.05) is 13.2 Å². The first-order valence-corrected chi connectivity index (χ1v) is 12.1. The van der Waals surface area contributed by atoms with Crippen LogP contribution in [-0.4, -0.2) is 56.6 Å². The van der Waals surface area contributed by atoms with E-state index in [2.05, 4.69) is 43.8 Å². The quantitative estimate of drug-likeness (QED) is 0.465. The maximum atomic E-state index is 12.5. The highest BCUT2D eigenvalue weighted by molar-refractivity contribution is 6.74. The second kappa shape index (κ2) is 9.12. The van der Waals surface area contributed by atoms with Gasteiger partial charge in [-0.3, -0.25) is 9.36 Å². The van der Waals surface area contributed by atoms with Crippen molar-refractivity contribution in [2.45, 2.75) is 51.6 Å². The Bertz CT molecular complexity index is 848. The zero-order chi connectivity index (χ0) is 20.9. The van der Waals surface area contributed by atoms with E-state index in [1.807, 2.05) is 0 Å². The van der Waals surface area contributed by atoms with Gasteiger partial charge in [0.25, 0.3) is 5.56 Å². The summed E-state index contributed by atoms with van der Waals surface area (Å²) in [5, 5.41) is 0.0773. The van der Waals surface area contributed by atoms with E-state index in [-0.39, 0.29) is 30.0 Å². The summed E-state index contributed by atoms with van der Waals surface area (Å²) in [6.45, 7) is 11.7. The van der Waals surface area contributed by atoms with Gasteiger partial charge in [-0.15, -0.1) is 0 Å². The second-order valence-corrected chi connectivity index (χ2v) is 13.0. The van der Waals surface area contributed by atoms with E-state index in [1.54, 1.807) is 23.8 Å². The lowest BCUT2D eigenvalue weighted by atomic mass is 10.2. The molecule has 0 aliphatic heterocycles. The summed E-state index contributed by atoms with van der Waals surface area (Å²) in [5.41, 5.74) is 0.799. The first-order chi connectivity index (χ1) is 13.1. The van der Waals surface area contributed by atoms with Gasteiger partial charge >= 0.3 is 0 Å². The average molecular weight is 410 g/mol. The summed E-state index contributed by atoms with van der Waals surface area (Å²) in [6, 6.07) is 3.48. The fraction of sp³-hybridized carbons (Fsp3) is 0.632. The molecule has 0 bridgehead atoms. The van der Waals surface area contributed by atoms with Crippen LogP contribution in [0.2, 0.25) is 18.1 Å². The van der Waals surface area contributed by atoms with Crippen molar-refractivity contribution >= 4 is 19.5 Å². The van der Waals surface area contributed by atoms with Crippen LogP contribution in [0, 0.1) is 0 Å². The molecule has 0 N–H and O–H groups in total. The molecular formula is C19H31N3O5Si. The Balaban J connectivity index is 2.31. The van der Waals surface area contributed by atoms with Crippen molar-refractivity contribution in [1.82, 2.24) is 14.5 Å². The third-order valence-corrected chi connectivity index (χ3v) is 9.62. The van der Waals surface area contributed by atoms with Gasteiger partial charge in [0.2, 0.25) is 5.88 Å². The number of hydrogen-bond donors (Lipinski definition) is 0. The number of aromatic nitrogens is 3. The molecule has 0 amide bonds. The van der Waals surface area contributed by atoms with E-state index in [0.29, 0.717) is 23.7 Å². The first-order valence-electron chi connectivity index (χ1n) is 9.24. The van der Waals surface area contributed by atoms with Gasteiger partial charge in [-0.05, 0) is 24.2 Å². The Hall–Kier alpha value is -1.81. The van der Waals surface area contributed by atoms with E-state index in [9.17, 15) is 4.79 Å². The smallest absolute Gasteiger partial charge is 0.270 e. The molecule has 0 aliphatic rings. The van der Waals surface area contributed by atoms with Crippen molar-refractivity contribution < 1.29 is 18.6 Å².